The molecule has 0 aliphatic rings. The molecule has 0 N–H and O–H groups in total. The van der Waals surface area contributed by atoms with Crippen LogP contribution in [0.5, 0.6) is 0 Å². The Morgan fingerprint density at radius 2 is 0.868 bits per heavy atom. The van der Waals surface area contributed by atoms with E-state index in [1.54, 1.807) is 0 Å². The van der Waals surface area contributed by atoms with Gasteiger partial charge in [-0.2, -0.15) is 0 Å². The van der Waals surface area contributed by atoms with Gasteiger partial charge in [0.05, 0.1) is 34.2 Å². The van der Waals surface area contributed by atoms with Gasteiger partial charge in [-0.15, -0.1) is 0 Å². The highest BCUT2D eigenvalue weighted by atomic mass is 35.5. The van der Waals surface area contributed by atoms with Crippen molar-refractivity contribution >= 4 is 46.0 Å². The summed E-state index contributed by atoms with van der Waals surface area (Å²) >= 11 is 12.9. The predicted molar refractivity (Wildman–Crippen MR) is 167 cm³/mol. The second-order valence-electron chi connectivity index (χ2n) is 11.3. The molecule has 0 amide bonds. The van der Waals surface area contributed by atoms with Crippen molar-refractivity contribution in [3.63, 3.8) is 0 Å². The summed E-state index contributed by atoms with van der Waals surface area (Å²) in [7, 11) is 0. The van der Waals surface area contributed by atoms with Gasteiger partial charge in [-0.25, -0.2) is 4.98 Å². The van der Waals surface area contributed by atoms with Gasteiger partial charge < -0.3 is 0 Å². The molecule has 0 bridgehead atoms. The summed E-state index contributed by atoms with van der Waals surface area (Å²) in [4.78, 5) is 15.2. The molecule has 5 heteroatoms. The normalized spacial score (nSPS) is 12.9. The molecule has 0 aliphatic carbocycles. The number of aliphatic imine (C=N–C) groups is 2. The minimum Gasteiger partial charge on any atom is -0.251 e. The molecule has 1 heterocycles. The molecule has 0 saturated heterocycles. The zero-order chi connectivity index (χ0) is 28.3. The van der Waals surface area contributed by atoms with Crippen LogP contribution in [0.3, 0.4) is 0 Å². The third-order valence-electron chi connectivity index (χ3n) is 6.80. The monoisotopic (exact) mass is 549 g/mol. The number of halogens is 2. The quantitative estimate of drug-likeness (QED) is 0.257. The van der Waals surface area contributed by atoms with Crippen molar-refractivity contribution in [2.24, 2.45) is 9.98 Å². The van der Waals surface area contributed by atoms with Gasteiger partial charge in [-0.05, 0) is 96.2 Å². The number of nitrogens with zero attached hydrogens (tertiary/aromatic N) is 3. The third-order valence-corrected chi connectivity index (χ3v) is 7.24. The van der Waals surface area contributed by atoms with E-state index in [2.05, 4.69) is 55.4 Å². The molecule has 3 rings (SSSR count). The van der Waals surface area contributed by atoms with E-state index in [1.807, 2.05) is 56.3 Å². The molecule has 3 aromatic rings. The van der Waals surface area contributed by atoms with Crippen molar-refractivity contribution < 1.29 is 0 Å². The van der Waals surface area contributed by atoms with E-state index in [4.69, 9.17) is 38.2 Å². The maximum absolute atomic E-state index is 6.47. The SMILES string of the molecule is C/C(=N\c1c(C(C)C)cc(Cl)cc1C(C)C)c1cccc(/C(C)=N/c2c(C(C)C)cc(Cl)cc2C(C)C)n1. The van der Waals surface area contributed by atoms with Crippen molar-refractivity contribution in [3.8, 4) is 0 Å². The minimum absolute atomic E-state index is 0.302. The van der Waals surface area contributed by atoms with E-state index in [-0.39, 0.29) is 0 Å². The summed E-state index contributed by atoms with van der Waals surface area (Å²) in [5, 5.41) is 1.51. The Balaban J connectivity index is 2.12. The topological polar surface area (TPSA) is 37.6 Å². The summed E-state index contributed by atoms with van der Waals surface area (Å²) in [6.45, 7) is 21.5. The molecule has 0 spiro atoms. The minimum atomic E-state index is 0.302. The summed E-state index contributed by atoms with van der Waals surface area (Å²) in [6, 6.07) is 14.2. The van der Waals surface area contributed by atoms with Crippen molar-refractivity contribution in [2.75, 3.05) is 0 Å². The number of aromatic nitrogens is 1. The molecule has 0 saturated carbocycles. The summed E-state index contributed by atoms with van der Waals surface area (Å²) in [5.41, 5.74) is 10.0. The van der Waals surface area contributed by atoms with Gasteiger partial charge in [-0.1, -0.05) is 84.7 Å². The fourth-order valence-corrected chi connectivity index (χ4v) is 5.06. The summed E-state index contributed by atoms with van der Waals surface area (Å²) in [5.74, 6) is 1.21. The molecule has 202 valence electrons. The fourth-order valence-electron chi connectivity index (χ4n) is 4.59. The van der Waals surface area contributed by atoms with Crippen molar-refractivity contribution in [3.05, 3.63) is 86.2 Å². The van der Waals surface area contributed by atoms with Crippen molar-refractivity contribution in [2.45, 2.75) is 92.9 Å². The van der Waals surface area contributed by atoms with Crippen LogP contribution in [-0.4, -0.2) is 16.4 Å². The molecule has 0 unspecified atom stereocenters. The first-order valence-corrected chi connectivity index (χ1v) is 14.3. The Morgan fingerprint density at radius 1 is 0.579 bits per heavy atom. The van der Waals surface area contributed by atoms with Crippen LogP contribution in [-0.2, 0) is 0 Å². The standard InChI is InChI=1S/C33H41Cl2N3/c1-18(2)26-14-24(34)15-27(19(3)4)32(26)36-22(9)30-12-11-13-31(38-30)23(10)37-33-28(20(5)6)16-25(35)17-29(33)21(7)8/h11-21H,1-10H3/b36-22+,37-23+. The number of rotatable bonds is 8. The van der Waals surface area contributed by atoms with E-state index in [0.29, 0.717) is 23.7 Å². The lowest BCUT2D eigenvalue weighted by Crippen LogP contribution is -2.06. The van der Waals surface area contributed by atoms with Crippen molar-refractivity contribution in [1.82, 2.24) is 4.98 Å². The van der Waals surface area contributed by atoms with E-state index in [0.717, 1.165) is 66.5 Å². The van der Waals surface area contributed by atoms with Gasteiger partial charge in [-0.3, -0.25) is 9.98 Å². The van der Waals surface area contributed by atoms with E-state index in [9.17, 15) is 0 Å². The van der Waals surface area contributed by atoms with Gasteiger partial charge in [0.15, 0.2) is 0 Å². The molecule has 2 aromatic carbocycles. The molecule has 0 atom stereocenters. The second-order valence-corrected chi connectivity index (χ2v) is 12.2. The van der Waals surface area contributed by atoms with Crippen LogP contribution in [0.1, 0.15) is 127 Å². The van der Waals surface area contributed by atoms with E-state index < -0.39 is 0 Å². The first-order chi connectivity index (χ1) is 17.8. The average molecular weight is 551 g/mol. The predicted octanol–water partition coefficient (Wildman–Crippen LogP) is 11.2. The molecule has 0 radical (unpaired) electrons. The molecule has 3 nitrogen and oxygen atoms in total. The van der Waals surface area contributed by atoms with E-state index >= 15 is 0 Å². The van der Waals surface area contributed by atoms with Gasteiger partial charge >= 0.3 is 0 Å². The summed E-state index contributed by atoms with van der Waals surface area (Å²) in [6.07, 6.45) is 0. The molecule has 0 aliphatic heterocycles. The van der Waals surface area contributed by atoms with Crippen molar-refractivity contribution in [1.29, 1.82) is 0 Å². The molecule has 0 fully saturated rings. The van der Waals surface area contributed by atoms with Gasteiger partial charge in [0.2, 0.25) is 0 Å². The highest BCUT2D eigenvalue weighted by Gasteiger charge is 2.18. The maximum atomic E-state index is 6.47. The third kappa shape index (κ3) is 6.93. The lowest BCUT2D eigenvalue weighted by Gasteiger charge is -2.18. The lowest BCUT2D eigenvalue weighted by atomic mass is 9.92. The van der Waals surface area contributed by atoms with Crippen LogP contribution in [0.2, 0.25) is 10.0 Å². The Hall–Kier alpha value is -2.49. The van der Waals surface area contributed by atoms with Crippen LogP contribution < -0.4 is 0 Å². The number of benzene rings is 2. The second kappa shape index (κ2) is 12.6. The zero-order valence-corrected chi connectivity index (χ0v) is 26.0. The van der Waals surface area contributed by atoms with Gasteiger partial charge in [0.1, 0.15) is 0 Å². The Labute approximate surface area is 239 Å². The number of hydrogen-bond donors (Lipinski definition) is 0. The van der Waals surface area contributed by atoms with Gasteiger partial charge in [0.25, 0.3) is 0 Å². The lowest BCUT2D eigenvalue weighted by molar-refractivity contribution is 0.834. The van der Waals surface area contributed by atoms with E-state index in [1.165, 1.54) is 0 Å². The zero-order valence-electron chi connectivity index (χ0n) is 24.4. The Kier molecular flexibility index (Phi) is 9.95. The highest BCUT2D eigenvalue weighted by Crippen LogP contribution is 2.39. The Bertz CT molecular complexity index is 1210. The largest absolute Gasteiger partial charge is 0.251 e. The van der Waals surface area contributed by atoms with Crippen LogP contribution in [0, 0.1) is 0 Å². The molecular formula is C33H41Cl2N3. The molecule has 38 heavy (non-hydrogen) atoms. The molecule has 1 aromatic heterocycles. The smallest absolute Gasteiger partial charge is 0.0849 e. The fraction of sp³-hybridized carbons (Fsp3) is 0.424. The average Bonchev–Trinajstić information content (AvgIpc) is 2.84. The Morgan fingerprint density at radius 3 is 1.13 bits per heavy atom. The highest BCUT2D eigenvalue weighted by molar-refractivity contribution is 6.31. The first-order valence-electron chi connectivity index (χ1n) is 13.5. The molecular weight excluding hydrogens is 509 g/mol. The van der Waals surface area contributed by atoms with Gasteiger partial charge in [0, 0.05) is 10.0 Å². The first kappa shape index (κ1) is 30.1. The van der Waals surface area contributed by atoms with Crippen LogP contribution in [0.4, 0.5) is 11.4 Å². The van der Waals surface area contributed by atoms with Crippen LogP contribution in [0.15, 0.2) is 52.4 Å². The summed E-state index contributed by atoms with van der Waals surface area (Å²) < 4.78 is 0. The van der Waals surface area contributed by atoms with Crippen LogP contribution in [0.25, 0.3) is 0 Å². The van der Waals surface area contributed by atoms with Crippen LogP contribution >= 0.6 is 23.2 Å². The number of pyridine rings is 1. The maximum Gasteiger partial charge on any atom is 0.0849 e. The number of hydrogen-bond acceptors (Lipinski definition) is 3.